The van der Waals surface area contributed by atoms with Crippen LogP contribution in [0.15, 0.2) is 24.3 Å². The summed E-state index contributed by atoms with van der Waals surface area (Å²) in [6.07, 6.45) is -2.53. The van der Waals surface area contributed by atoms with Gasteiger partial charge in [-0.15, -0.1) is 0 Å². The molecule has 0 saturated carbocycles. The van der Waals surface area contributed by atoms with Crippen LogP contribution in [0.2, 0.25) is 0 Å². The number of anilines is 1. The maximum atomic E-state index is 11.7. The van der Waals surface area contributed by atoms with Crippen molar-refractivity contribution in [3.05, 3.63) is 29.8 Å². The Morgan fingerprint density at radius 1 is 1.28 bits per heavy atom. The summed E-state index contributed by atoms with van der Waals surface area (Å²) in [5.41, 5.74) is 2.56. The molecule has 1 aromatic carbocycles. The molecule has 0 fully saturated rings. The minimum Gasteiger partial charge on any atom is -0.394 e. The van der Waals surface area contributed by atoms with Crippen LogP contribution in [-0.2, 0) is 0 Å². The lowest BCUT2D eigenvalue weighted by Crippen LogP contribution is -2.40. The molecule has 0 bridgehead atoms. The van der Waals surface area contributed by atoms with Gasteiger partial charge in [-0.2, -0.15) is 0 Å². The molecular formula is C11H16N2O5. The second-order valence-corrected chi connectivity index (χ2v) is 3.72. The van der Waals surface area contributed by atoms with Crippen LogP contribution in [0.5, 0.6) is 0 Å². The van der Waals surface area contributed by atoms with Crippen molar-refractivity contribution in [3.63, 3.8) is 0 Å². The number of carbonyl (C=O) groups is 1. The fourth-order valence-electron chi connectivity index (χ4n) is 1.29. The second-order valence-electron chi connectivity index (χ2n) is 3.72. The van der Waals surface area contributed by atoms with Gasteiger partial charge in [-0.3, -0.25) is 15.5 Å². The highest BCUT2D eigenvalue weighted by atomic mass is 16.5. The Balaban J connectivity index is 2.54. The zero-order valence-corrected chi connectivity index (χ0v) is 9.58. The average Bonchev–Trinajstić information content (AvgIpc) is 2.43. The van der Waals surface area contributed by atoms with E-state index in [1.807, 2.05) is 5.48 Å². The van der Waals surface area contributed by atoms with Crippen molar-refractivity contribution in [2.24, 2.45) is 0 Å². The van der Waals surface area contributed by atoms with E-state index in [1.165, 1.54) is 12.1 Å². The van der Waals surface area contributed by atoms with Crippen LogP contribution in [0.4, 0.5) is 5.69 Å². The molecule has 7 nitrogen and oxygen atoms in total. The highest BCUT2D eigenvalue weighted by molar-refractivity contribution is 5.95. The summed E-state index contributed by atoms with van der Waals surface area (Å²) in [4.78, 5) is 11.7. The monoisotopic (exact) mass is 256 g/mol. The van der Waals surface area contributed by atoms with Gasteiger partial charge in [0.05, 0.1) is 18.4 Å². The second kappa shape index (κ2) is 6.92. The molecule has 7 heteroatoms. The number of nitrogens with one attached hydrogen (secondary N) is 2. The third kappa shape index (κ3) is 3.97. The molecule has 0 aliphatic heterocycles. The lowest BCUT2D eigenvalue weighted by atomic mass is 10.1. The summed E-state index contributed by atoms with van der Waals surface area (Å²) >= 11 is 0. The molecular weight excluding hydrogens is 240 g/mol. The van der Waals surface area contributed by atoms with E-state index in [0.29, 0.717) is 11.3 Å². The standard InChI is InChI=1S/C11H16N2O5/c14-6-10(16)9(15)5-12-11(17)7-2-1-3-8(4-7)13-18/h1-4,9-10,13-16,18H,5-6H2,(H,12,17). The topological polar surface area (TPSA) is 122 Å². The number of hydrogen-bond acceptors (Lipinski definition) is 6. The van der Waals surface area contributed by atoms with Crippen molar-refractivity contribution < 1.29 is 25.3 Å². The largest absolute Gasteiger partial charge is 0.394 e. The van der Waals surface area contributed by atoms with E-state index >= 15 is 0 Å². The summed E-state index contributed by atoms with van der Waals surface area (Å²) in [6, 6.07) is 6.10. The molecule has 0 heterocycles. The molecule has 0 aliphatic rings. The van der Waals surface area contributed by atoms with Crippen LogP contribution in [0, 0.1) is 0 Å². The molecule has 2 unspecified atom stereocenters. The Morgan fingerprint density at radius 2 is 2.00 bits per heavy atom. The fourth-order valence-corrected chi connectivity index (χ4v) is 1.29. The number of carbonyl (C=O) groups excluding carboxylic acids is 1. The first-order chi connectivity index (χ1) is 8.58. The van der Waals surface area contributed by atoms with Gasteiger partial charge in [0, 0.05) is 12.1 Å². The van der Waals surface area contributed by atoms with Crippen LogP contribution in [0.25, 0.3) is 0 Å². The molecule has 1 amide bonds. The van der Waals surface area contributed by atoms with Crippen molar-refractivity contribution in [1.29, 1.82) is 0 Å². The molecule has 2 atom stereocenters. The summed E-state index contributed by atoms with van der Waals surface area (Å²) in [5.74, 6) is -0.462. The van der Waals surface area contributed by atoms with Crippen LogP contribution < -0.4 is 10.8 Å². The Labute approximate surface area is 104 Å². The van der Waals surface area contributed by atoms with Crippen LogP contribution in [0.1, 0.15) is 10.4 Å². The smallest absolute Gasteiger partial charge is 0.251 e. The van der Waals surface area contributed by atoms with E-state index in [1.54, 1.807) is 12.1 Å². The van der Waals surface area contributed by atoms with Crippen LogP contribution in [-0.4, -0.2) is 51.8 Å². The number of amides is 1. The van der Waals surface area contributed by atoms with E-state index in [4.69, 9.17) is 15.4 Å². The van der Waals surface area contributed by atoms with Gasteiger partial charge >= 0.3 is 0 Å². The summed E-state index contributed by atoms with van der Waals surface area (Å²) < 4.78 is 0. The average molecular weight is 256 g/mol. The third-order valence-corrected chi connectivity index (χ3v) is 2.36. The van der Waals surface area contributed by atoms with Gasteiger partial charge < -0.3 is 20.6 Å². The fraction of sp³-hybridized carbons (Fsp3) is 0.364. The molecule has 0 aliphatic carbocycles. The van der Waals surface area contributed by atoms with Gasteiger partial charge in [0.15, 0.2) is 0 Å². The van der Waals surface area contributed by atoms with Gasteiger partial charge in [-0.05, 0) is 18.2 Å². The zero-order valence-electron chi connectivity index (χ0n) is 9.58. The lowest BCUT2D eigenvalue weighted by Gasteiger charge is -2.16. The number of aliphatic hydroxyl groups is 3. The lowest BCUT2D eigenvalue weighted by molar-refractivity contribution is -0.0123. The molecule has 0 saturated heterocycles. The van der Waals surface area contributed by atoms with Gasteiger partial charge in [0.2, 0.25) is 0 Å². The highest BCUT2D eigenvalue weighted by Crippen LogP contribution is 2.09. The molecule has 0 aromatic heterocycles. The van der Waals surface area contributed by atoms with Gasteiger partial charge in [-0.25, -0.2) is 0 Å². The van der Waals surface area contributed by atoms with E-state index in [0.717, 1.165) is 0 Å². The van der Waals surface area contributed by atoms with Crippen molar-refractivity contribution in [2.75, 3.05) is 18.6 Å². The molecule has 100 valence electrons. The first kappa shape index (κ1) is 14.4. The molecule has 18 heavy (non-hydrogen) atoms. The Kier molecular flexibility index (Phi) is 5.53. The van der Waals surface area contributed by atoms with Gasteiger partial charge in [0.1, 0.15) is 6.10 Å². The first-order valence-corrected chi connectivity index (χ1v) is 5.34. The molecule has 0 spiro atoms. The quantitative estimate of drug-likeness (QED) is 0.360. The normalized spacial score (nSPS) is 13.8. The highest BCUT2D eigenvalue weighted by Gasteiger charge is 2.16. The molecule has 0 radical (unpaired) electrons. The van der Waals surface area contributed by atoms with Crippen molar-refractivity contribution in [1.82, 2.24) is 5.32 Å². The Hall–Kier alpha value is -1.67. The number of aliphatic hydroxyl groups excluding tert-OH is 3. The van der Waals surface area contributed by atoms with Gasteiger partial charge in [0.25, 0.3) is 5.91 Å². The molecule has 1 rings (SSSR count). The first-order valence-electron chi connectivity index (χ1n) is 5.34. The summed E-state index contributed by atoms with van der Waals surface area (Å²) in [7, 11) is 0. The van der Waals surface area contributed by atoms with Crippen LogP contribution >= 0.6 is 0 Å². The Bertz CT molecular complexity index is 399. The van der Waals surface area contributed by atoms with Crippen molar-refractivity contribution in [2.45, 2.75) is 12.2 Å². The Morgan fingerprint density at radius 3 is 2.61 bits per heavy atom. The number of hydrogen-bond donors (Lipinski definition) is 6. The predicted octanol–water partition coefficient (Wildman–Crippen LogP) is -1.07. The minimum absolute atomic E-state index is 0.183. The molecule has 1 aromatic rings. The summed E-state index contributed by atoms with van der Waals surface area (Å²) in [6.45, 7) is -0.766. The SMILES string of the molecule is O=C(NCC(O)C(O)CO)c1cccc(NO)c1. The number of rotatable bonds is 6. The van der Waals surface area contributed by atoms with E-state index in [-0.39, 0.29) is 6.54 Å². The summed E-state index contributed by atoms with van der Waals surface area (Å²) in [5, 5.41) is 38.1. The third-order valence-electron chi connectivity index (χ3n) is 2.36. The minimum atomic E-state index is -1.30. The zero-order chi connectivity index (χ0) is 13.5. The maximum Gasteiger partial charge on any atom is 0.251 e. The van der Waals surface area contributed by atoms with Crippen LogP contribution in [0.3, 0.4) is 0 Å². The number of benzene rings is 1. The van der Waals surface area contributed by atoms with E-state index in [9.17, 15) is 9.90 Å². The van der Waals surface area contributed by atoms with E-state index < -0.39 is 24.7 Å². The van der Waals surface area contributed by atoms with E-state index in [2.05, 4.69) is 5.32 Å². The maximum absolute atomic E-state index is 11.7. The van der Waals surface area contributed by atoms with Gasteiger partial charge in [-0.1, -0.05) is 6.07 Å². The van der Waals surface area contributed by atoms with Crippen molar-refractivity contribution in [3.8, 4) is 0 Å². The van der Waals surface area contributed by atoms with Crippen molar-refractivity contribution >= 4 is 11.6 Å². The molecule has 6 N–H and O–H groups in total. The predicted molar refractivity (Wildman–Crippen MR) is 63.3 cm³/mol.